The van der Waals surface area contributed by atoms with Crippen molar-refractivity contribution in [1.29, 1.82) is 0 Å². The molecule has 0 atom stereocenters. The Morgan fingerprint density at radius 3 is 2.19 bits per heavy atom. The minimum Gasteiger partial charge on any atom is -0.495 e. The fraction of sp³-hybridized carbons (Fsp3) is 0.333. The highest BCUT2D eigenvalue weighted by Gasteiger charge is 2.18. The standard InChI is InChI=1S/C21H26N2O3/c1-15(24)23(17-12-10-16(11-13-17)21(2,3)4)14-20(25)22-18-8-6-7-9-19(18)26-5/h6-13H,14H2,1-5H3,(H,22,25). The molecule has 138 valence electrons. The van der Waals surface area contributed by atoms with E-state index in [0.717, 1.165) is 0 Å². The van der Waals surface area contributed by atoms with E-state index in [0.29, 0.717) is 17.1 Å². The molecule has 0 fully saturated rings. The summed E-state index contributed by atoms with van der Waals surface area (Å²) in [5.41, 5.74) is 2.47. The van der Waals surface area contributed by atoms with Gasteiger partial charge in [-0.2, -0.15) is 0 Å². The van der Waals surface area contributed by atoms with Crippen LogP contribution >= 0.6 is 0 Å². The van der Waals surface area contributed by atoms with Crippen LogP contribution in [-0.4, -0.2) is 25.5 Å². The maximum absolute atomic E-state index is 12.4. The average molecular weight is 354 g/mol. The van der Waals surface area contributed by atoms with E-state index < -0.39 is 0 Å². The molecule has 5 nitrogen and oxygen atoms in total. The molecular formula is C21H26N2O3. The number of anilines is 2. The monoisotopic (exact) mass is 354 g/mol. The van der Waals surface area contributed by atoms with Gasteiger partial charge in [-0.15, -0.1) is 0 Å². The van der Waals surface area contributed by atoms with Crippen molar-refractivity contribution in [2.45, 2.75) is 33.1 Å². The third-order valence-corrected chi connectivity index (χ3v) is 4.11. The number of nitrogens with zero attached hydrogens (tertiary/aromatic N) is 1. The van der Waals surface area contributed by atoms with Crippen molar-refractivity contribution in [2.24, 2.45) is 0 Å². The van der Waals surface area contributed by atoms with Crippen LogP contribution < -0.4 is 15.0 Å². The predicted octanol–water partition coefficient (Wildman–Crippen LogP) is 3.98. The highest BCUT2D eigenvalue weighted by atomic mass is 16.5. The van der Waals surface area contributed by atoms with Crippen LogP contribution in [0.25, 0.3) is 0 Å². The Labute approximate surface area is 155 Å². The number of nitrogens with one attached hydrogen (secondary N) is 1. The molecule has 2 aromatic carbocycles. The second-order valence-corrected chi connectivity index (χ2v) is 7.15. The second-order valence-electron chi connectivity index (χ2n) is 7.15. The van der Waals surface area contributed by atoms with Crippen LogP contribution in [0.4, 0.5) is 11.4 Å². The van der Waals surface area contributed by atoms with E-state index in [2.05, 4.69) is 26.1 Å². The summed E-state index contributed by atoms with van der Waals surface area (Å²) in [6, 6.07) is 14.9. The Morgan fingerprint density at radius 1 is 1.04 bits per heavy atom. The molecule has 0 aromatic heterocycles. The first-order chi connectivity index (χ1) is 12.2. The zero-order valence-corrected chi connectivity index (χ0v) is 16.0. The number of ether oxygens (including phenoxy) is 1. The van der Waals surface area contributed by atoms with Crippen LogP contribution in [0.15, 0.2) is 48.5 Å². The fourth-order valence-electron chi connectivity index (χ4n) is 2.61. The molecule has 1 N–H and O–H groups in total. The average Bonchev–Trinajstić information content (AvgIpc) is 2.59. The Kier molecular flexibility index (Phi) is 6.03. The molecule has 0 aliphatic carbocycles. The van der Waals surface area contributed by atoms with Crippen molar-refractivity contribution in [2.75, 3.05) is 23.9 Å². The molecule has 0 saturated heterocycles. The zero-order valence-electron chi connectivity index (χ0n) is 16.0. The third-order valence-electron chi connectivity index (χ3n) is 4.11. The number of benzene rings is 2. The summed E-state index contributed by atoms with van der Waals surface area (Å²) in [5.74, 6) is 0.0954. The van der Waals surface area contributed by atoms with Gasteiger partial charge in [0, 0.05) is 12.6 Å². The second kappa shape index (κ2) is 8.04. The molecule has 0 heterocycles. The van der Waals surface area contributed by atoms with Crippen molar-refractivity contribution in [3.8, 4) is 5.75 Å². The quantitative estimate of drug-likeness (QED) is 0.883. The summed E-state index contributed by atoms with van der Waals surface area (Å²) >= 11 is 0. The normalized spacial score (nSPS) is 11.0. The van der Waals surface area contributed by atoms with Gasteiger partial charge >= 0.3 is 0 Å². The molecule has 0 saturated carbocycles. The van der Waals surface area contributed by atoms with Crippen LogP contribution in [0, 0.1) is 0 Å². The summed E-state index contributed by atoms with van der Waals surface area (Å²) in [7, 11) is 1.55. The van der Waals surface area contributed by atoms with E-state index in [4.69, 9.17) is 4.74 Å². The molecule has 0 spiro atoms. The third kappa shape index (κ3) is 4.85. The van der Waals surface area contributed by atoms with Crippen molar-refractivity contribution >= 4 is 23.2 Å². The van der Waals surface area contributed by atoms with Crippen molar-refractivity contribution < 1.29 is 14.3 Å². The highest BCUT2D eigenvalue weighted by Crippen LogP contribution is 2.26. The lowest BCUT2D eigenvalue weighted by Crippen LogP contribution is -2.36. The SMILES string of the molecule is COc1ccccc1NC(=O)CN(C(C)=O)c1ccc(C(C)(C)C)cc1. The van der Waals surface area contributed by atoms with Crippen molar-refractivity contribution in [1.82, 2.24) is 0 Å². The van der Waals surface area contributed by atoms with Gasteiger partial charge in [0.15, 0.2) is 0 Å². The van der Waals surface area contributed by atoms with E-state index >= 15 is 0 Å². The first-order valence-electron chi connectivity index (χ1n) is 8.54. The lowest BCUT2D eigenvalue weighted by atomic mass is 9.87. The first-order valence-corrected chi connectivity index (χ1v) is 8.54. The number of para-hydroxylation sites is 2. The molecule has 0 aliphatic rings. The number of carbonyl (C=O) groups is 2. The van der Waals surface area contributed by atoms with E-state index in [-0.39, 0.29) is 23.8 Å². The minimum absolute atomic E-state index is 0.0286. The van der Waals surface area contributed by atoms with Crippen molar-refractivity contribution in [3.63, 3.8) is 0 Å². The van der Waals surface area contributed by atoms with Crippen LogP contribution in [0.5, 0.6) is 5.75 Å². The van der Waals surface area contributed by atoms with Crippen LogP contribution in [0.2, 0.25) is 0 Å². The lowest BCUT2D eigenvalue weighted by Gasteiger charge is -2.23. The minimum atomic E-state index is -0.287. The van der Waals surface area contributed by atoms with Gasteiger partial charge in [-0.1, -0.05) is 45.0 Å². The molecule has 0 aliphatic heterocycles. The highest BCUT2D eigenvalue weighted by molar-refractivity contribution is 6.02. The number of rotatable bonds is 5. The predicted molar refractivity (Wildman–Crippen MR) is 105 cm³/mol. The largest absolute Gasteiger partial charge is 0.495 e. The maximum atomic E-state index is 12.4. The summed E-state index contributed by atoms with van der Waals surface area (Å²) < 4.78 is 5.23. The topological polar surface area (TPSA) is 58.6 Å². The molecule has 5 heteroatoms. The van der Waals surface area contributed by atoms with Crippen LogP contribution in [0.1, 0.15) is 33.3 Å². The molecular weight excluding hydrogens is 328 g/mol. The molecule has 2 amide bonds. The molecule has 0 radical (unpaired) electrons. The van der Waals surface area contributed by atoms with Gasteiger partial charge in [0.05, 0.1) is 12.8 Å². The Balaban J connectivity index is 2.15. The summed E-state index contributed by atoms with van der Waals surface area (Å²) in [6.07, 6.45) is 0. The molecule has 2 aromatic rings. The van der Waals surface area contributed by atoms with Gasteiger partial charge in [-0.05, 0) is 35.2 Å². The van der Waals surface area contributed by atoms with E-state index in [1.54, 1.807) is 19.2 Å². The summed E-state index contributed by atoms with van der Waals surface area (Å²) in [4.78, 5) is 25.9. The smallest absolute Gasteiger partial charge is 0.244 e. The van der Waals surface area contributed by atoms with Crippen LogP contribution in [-0.2, 0) is 15.0 Å². The van der Waals surface area contributed by atoms with E-state index in [1.807, 2.05) is 36.4 Å². The van der Waals surface area contributed by atoms with Crippen molar-refractivity contribution in [3.05, 3.63) is 54.1 Å². The number of hydrogen-bond donors (Lipinski definition) is 1. The van der Waals surface area contributed by atoms with Gasteiger partial charge in [0.2, 0.25) is 11.8 Å². The number of hydrogen-bond acceptors (Lipinski definition) is 3. The Morgan fingerprint density at radius 2 is 1.65 bits per heavy atom. The molecule has 0 bridgehead atoms. The van der Waals surface area contributed by atoms with E-state index in [9.17, 15) is 9.59 Å². The molecule has 2 rings (SSSR count). The zero-order chi connectivity index (χ0) is 19.3. The summed E-state index contributed by atoms with van der Waals surface area (Å²) in [6.45, 7) is 7.78. The van der Waals surface area contributed by atoms with Gasteiger partial charge in [0.1, 0.15) is 12.3 Å². The number of methoxy groups -OCH3 is 1. The molecule has 26 heavy (non-hydrogen) atoms. The van der Waals surface area contributed by atoms with Gasteiger partial charge in [0.25, 0.3) is 0 Å². The van der Waals surface area contributed by atoms with Gasteiger partial charge in [-0.3, -0.25) is 9.59 Å². The number of amides is 2. The molecule has 0 unspecified atom stereocenters. The van der Waals surface area contributed by atoms with E-state index in [1.165, 1.54) is 17.4 Å². The van der Waals surface area contributed by atoms with Gasteiger partial charge < -0.3 is 15.0 Å². The number of carbonyl (C=O) groups excluding carboxylic acids is 2. The maximum Gasteiger partial charge on any atom is 0.244 e. The van der Waals surface area contributed by atoms with Crippen LogP contribution in [0.3, 0.4) is 0 Å². The first kappa shape index (κ1) is 19.5. The summed E-state index contributed by atoms with van der Waals surface area (Å²) in [5, 5.41) is 2.79. The lowest BCUT2D eigenvalue weighted by molar-refractivity contribution is -0.120. The Hall–Kier alpha value is -2.82. The Bertz CT molecular complexity index is 777. The fourth-order valence-corrected chi connectivity index (χ4v) is 2.61. The van der Waals surface area contributed by atoms with Gasteiger partial charge in [-0.25, -0.2) is 0 Å².